The van der Waals surface area contributed by atoms with Gasteiger partial charge in [-0.25, -0.2) is 0 Å². The van der Waals surface area contributed by atoms with Gasteiger partial charge in [0.1, 0.15) is 6.54 Å². The number of imide groups is 1. The van der Waals surface area contributed by atoms with E-state index in [4.69, 9.17) is 4.74 Å². The Morgan fingerprint density at radius 3 is 2.65 bits per heavy atom. The summed E-state index contributed by atoms with van der Waals surface area (Å²) in [4.78, 5) is 54.5. The van der Waals surface area contributed by atoms with Crippen LogP contribution in [0.2, 0.25) is 0 Å². The Hall–Kier alpha value is -2.79. The molecule has 6 rings (SSSR count). The number of phenols is 1. The molecule has 34 heavy (non-hydrogen) atoms. The second-order valence-corrected chi connectivity index (χ2v) is 11.5. The van der Waals surface area contributed by atoms with Gasteiger partial charge in [0.2, 0.25) is 11.8 Å². The summed E-state index contributed by atoms with van der Waals surface area (Å²) in [6.45, 7) is 1.61. The quantitative estimate of drug-likeness (QED) is 0.529. The number of carbonyl (C=O) groups excluding carboxylic acids is 2. The number of carboxylic acids is 1. The van der Waals surface area contributed by atoms with Crippen molar-refractivity contribution in [2.24, 2.45) is 29.6 Å². The zero-order chi connectivity index (χ0) is 23.9. The van der Waals surface area contributed by atoms with Crippen LogP contribution in [-0.4, -0.2) is 56.3 Å². The highest BCUT2D eigenvalue weighted by Gasteiger charge is 2.69. The van der Waals surface area contributed by atoms with Gasteiger partial charge in [-0.05, 0) is 48.8 Å². The van der Waals surface area contributed by atoms with Crippen LogP contribution < -0.4 is 9.61 Å². The lowest BCUT2D eigenvalue weighted by Gasteiger charge is -2.43. The number of hydrogen-bond acceptors (Lipinski definition) is 8. The number of nitrogens with one attached hydrogen (secondary N) is 1. The van der Waals surface area contributed by atoms with Crippen LogP contribution in [0.5, 0.6) is 11.5 Å². The van der Waals surface area contributed by atoms with Crippen molar-refractivity contribution in [3.05, 3.63) is 38.3 Å². The van der Waals surface area contributed by atoms with E-state index in [1.807, 2.05) is 13.0 Å². The molecule has 3 N–H and O–H groups in total. The monoisotopic (exact) mass is 502 g/mol. The number of hydrogen-bond donors (Lipinski definition) is 3. The van der Waals surface area contributed by atoms with Crippen molar-refractivity contribution in [1.82, 2.24) is 9.88 Å². The number of aromatic amines is 1. The van der Waals surface area contributed by atoms with Crippen molar-refractivity contribution in [3.8, 4) is 11.5 Å². The van der Waals surface area contributed by atoms with Crippen LogP contribution >= 0.6 is 23.1 Å². The normalized spacial score (nSPS) is 33.1. The molecule has 2 saturated carbocycles. The first kappa shape index (κ1) is 21.7. The number of likely N-dealkylation sites (tertiary alicyclic amines) is 1. The maximum Gasteiger partial charge on any atom is 0.323 e. The fourth-order valence-electron chi connectivity index (χ4n) is 6.74. The molecule has 1 aromatic carbocycles. The van der Waals surface area contributed by atoms with Gasteiger partial charge in [0, 0.05) is 16.0 Å². The van der Waals surface area contributed by atoms with Gasteiger partial charge in [0.25, 0.3) is 0 Å². The Bertz CT molecular complexity index is 1290. The average molecular weight is 503 g/mol. The highest BCUT2D eigenvalue weighted by atomic mass is 32.2. The molecule has 2 aromatic rings. The summed E-state index contributed by atoms with van der Waals surface area (Å²) in [5, 5.41) is 20.2. The molecule has 1 saturated heterocycles. The first-order valence-corrected chi connectivity index (χ1v) is 12.9. The van der Waals surface area contributed by atoms with Crippen LogP contribution in [0.4, 0.5) is 0 Å². The highest BCUT2D eigenvalue weighted by molar-refractivity contribution is 8.00. The number of ether oxygens (including phenoxy) is 1. The molecule has 2 aliphatic heterocycles. The third kappa shape index (κ3) is 2.92. The molecule has 0 spiro atoms. The Balaban J connectivity index is 1.45. The molecule has 3 fully saturated rings. The van der Waals surface area contributed by atoms with Crippen molar-refractivity contribution in [1.29, 1.82) is 0 Å². The fraction of sp³-hybridized carbons (Fsp3) is 0.478. The zero-order valence-electron chi connectivity index (χ0n) is 18.1. The first-order valence-electron chi connectivity index (χ1n) is 11.2. The maximum atomic E-state index is 13.2. The Labute approximate surface area is 202 Å². The van der Waals surface area contributed by atoms with E-state index >= 15 is 0 Å². The molecule has 178 valence electrons. The van der Waals surface area contributed by atoms with E-state index in [2.05, 4.69) is 4.98 Å². The lowest BCUT2D eigenvalue weighted by molar-refractivity contribution is -0.149. The molecule has 4 aliphatic rings. The predicted octanol–water partition coefficient (Wildman–Crippen LogP) is 2.10. The largest absolute Gasteiger partial charge is 0.504 e. The third-order valence-electron chi connectivity index (χ3n) is 7.75. The van der Waals surface area contributed by atoms with Crippen molar-refractivity contribution in [2.45, 2.75) is 29.5 Å². The lowest BCUT2D eigenvalue weighted by atomic mass is 9.68. The second-order valence-electron chi connectivity index (χ2n) is 9.28. The van der Waals surface area contributed by atoms with E-state index in [1.54, 1.807) is 23.9 Å². The van der Waals surface area contributed by atoms with Crippen molar-refractivity contribution < 1.29 is 29.3 Å². The summed E-state index contributed by atoms with van der Waals surface area (Å²) >= 11 is 2.72. The van der Waals surface area contributed by atoms with Gasteiger partial charge in [-0.15, -0.1) is 11.8 Å². The van der Waals surface area contributed by atoms with Crippen molar-refractivity contribution in [3.63, 3.8) is 0 Å². The van der Waals surface area contributed by atoms with Crippen LogP contribution in [0.3, 0.4) is 0 Å². The van der Waals surface area contributed by atoms with Gasteiger partial charge in [-0.2, -0.15) is 0 Å². The molecule has 0 unspecified atom stereocenters. The minimum atomic E-state index is -1.20. The number of thiazole rings is 1. The molecule has 3 heterocycles. The van der Waals surface area contributed by atoms with Crippen LogP contribution in [0.25, 0.3) is 0 Å². The molecule has 2 bridgehead atoms. The van der Waals surface area contributed by atoms with Crippen LogP contribution in [0, 0.1) is 29.6 Å². The molecule has 0 radical (unpaired) electrons. The van der Waals surface area contributed by atoms with E-state index < -0.39 is 24.3 Å². The van der Waals surface area contributed by atoms with Gasteiger partial charge in [0.15, 0.2) is 11.5 Å². The van der Waals surface area contributed by atoms with Crippen LogP contribution in [-0.2, 0) is 14.4 Å². The Morgan fingerprint density at radius 1 is 1.21 bits per heavy atom. The number of benzene rings is 1. The molecule has 11 heteroatoms. The summed E-state index contributed by atoms with van der Waals surface area (Å²) in [6, 6.07) is 5.21. The van der Waals surface area contributed by atoms with E-state index in [1.165, 1.54) is 0 Å². The van der Waals surface area contributed by atoms with E-state index in [0.29, 0.717) is 12.4 Å². The Kier molecular flexibility index (Phi) is 4.86. The number of aromatic hydroxyl groups is 1. The van der Waals surface area contributed by atoms with E-state index in [-0.39, 0.29) is 51.4 Å². The smallest absolute Gasteiger partial charge is 0.323 e. The van der Waals surface area contributed by atoms with E-state index in [0.717, 1.165) is 38.1 Å². The minimum Gasteiger partial charge on any atom is -0.504 e. The van der Waals surface area contributed by atoms with Crippen LogP contribution in [0.15, 0.2) is 28.0 Å². The summed E-state index contributed by atoms with van der Waals surface area (Å²) in [6.07, 6.45) is 0.724. The Morgan fingerprint density at radius 2 is 1.94 bits per heavy atom. The van der Waals surface area contributed by atoms with Crippen molar-refractivity contribution >= 4 is 40.9 Å². The van der Waals surface area contributed by atoms with Gasteiger partial charge >= 0.3 is 10.8 Å². The van der Waals surface area contributed by atoms with Crippen molar-refractivity contribution in [2.75, 3.05) is 13.2 Å². The molecular weight excluding hydrogens is 480 g/mol. The lowest BCUT2D eigenvalue weighted by Crippen LogP contribution is -2.42. The molecule has 7 atom stereocenters. The number of H-pyrrole nitrogens is 1. The summed E-state index contributed by atoms with van der Waals surface area (Å²) < 4.78 is 5.60. The number of aromatic nitrogens is 1. The number of carbonyl (C=O) groups is 3. The van der Waals surface area contributed by atoms with Gasteiger partial charge in [-0.1, -0.05) is 17.4 Å². The maximum absolute atomic E-state index is 13.2. The number of nitrogens with zero attached hydrogens (tertiary/aromatic N) is 1. The highest BCUT2D eigenvalue weighted by Crippen LogP contribution is 2.68. The van der Waals surface area contributed by atoms with Gasteiger partial charge < -0.3 is 19.9 Å². The molecule has 1 aromatic heterocycles. The van der Waals surface area contributed by atoms with Gasteiger partial charge in [0.05, 0.1) is 23.5 Å². The fourth-order valence-corrected chi connectivity index (χ4v) is 9.63. The minimum absolute atomic E-state index is 0.00394. The number of rotatable bonds is 5. The SMILES string of the molecule is CCOc1cc([C@@H]2c3sc(=O)[nH]c3S[C@@H]3[C@H]4C[C@@H]([C@@H]5C(=O)N(CC(=O)O)C(=O)[C@H]45)[C@H]23)ccc1O. The molecule has 9 nitrogen and oxygen atoms in total. The number of aliphatic carboxylic acids is 1. The second kappa shape index (κ2) is 7.61. The first-order chi connectivity index (χ1) is 16.3. The van der Waals surface area contributed by atoms with E-state index in [9.17, 15) is 29.4 Å². The van der Waals surface area contributed by atoms with Gasteiger partial charge in [-0.3, -0.25) is 24.1 Å². The number of phenolic OH excluding ortho intramolecular Hbond substituents is 1. The number of carboxylic acid groups (broad SMARTS) is 1. The summed E-state index contributed by atoms with van der Waals surface area (Å²) in [5.41, 5.74) is 0.885. The predicted molar refractivity (Wildman–Crippen MR) is 122 cm³/mol. The average Bonchev–Trinajstić information content (AvgIpc) is 3.51. The number of thioether (sulfide) groups is 1. The number of amides is 2. The topological polar surface area (TPSA) is 137 Å². The summed E-state index contributed by atoms with van der Waals surface area (Å²) in [7, 11) is 0. The molecular formula is C23H22N2O7S2. The van der Waals surface area contributed by atoms with Crippen LogP contribution in [0.1, 0.15) is 29.7 Å². The molecule has 2 aliphatic carbocycles. The molecule has 2 amide bonds. The number of fused-ring (bicyclic) bond motifs is 9. The zero-order valence-corrected chi connectivity index (χ0v) is 19.7. The summed E-state index contributed by atoms with van der Waals surface area (Å²) in [5.74, 6) is -2.97. The standard InChI is InChI=1S/C23H22N2O7S2/c1-2-32-12-5-8(3-4-11(12)26)14-15-9-6-10(18(15)33-20-19(14)34-23(31)24-20)17-16(9)21(29)25(22(17)30)7-13(27)28/h3-5,9-10,14-18,26H,2,6-7H2,1H3,(H,24,31)(H,27,28)/t9-,10+,14+,15-,16+,17-,18-/m1/s1. The third-order valence-corrected chi connectivity index (χ3v) is 10.3.